The number of anilines is 1. The monoisotopic (exact) mass is 439 g/mol. The molecule has 0 aliphatic heterocycles. The first-order chi connectivity index (χ1) is 16.1. The number of aromatic nitrogens is 2. The van der Waals surface area contributed by atoms with Crippen molar-refractivity contribution in [3.8, 4) is 17.0 Å². The summed E-state index contributed by atoms with van der Waals surface area (Å²) in [4.78, 5) is 20.3. The van der Waals surface area contributed by atoms with Crippen molar-refractivity contribution in [2.75, 3.05) is 11.9 Å². The van der Waals surface area contributed by atoms with E-state index in [1.54, 1.807) is 18.2 Å². The number of hydrogen-bond donors (Lipinski definition) is 2. The van der Waals surface area contributed by atoms with Crippen LogP contribution in [0.4, 0.5) is 5.82 Å². The van der Waals surface area contributed by atoms with Gasteiger partial charge >= 0.3 is 5.97 Å². The highest BCUT2D eigenvalue weighted by atomic mass is 16.5. The van der Waals surface area contributed by atoms with E-state index >= 15 is 0 Å². The molecule has 1 aliphatic rings. The Bertz CT molecular complexity index is 1330. The fourth-order valence-corrected chi connectivity index (χ4v) is 4.00. The molecule has 1 saturated carbocycles. The van der Waals surface area contributed by atoms with E-state index in [4.69, 9.17) is 4.74 Å². The van der Waals surface area contributed by atoms with Crippen LogP contribution >= 0.6 is 0 Å². The van der Waals surface area contributed by atoms with Gasteiger partial charge < -0.3 is 15.2 Å². The molecule has 6 heteroatoms. The minimum absolute atomic E-state index is 0.111. The van der Waals surface area contributed by atoms with Crippen LogP contribution in [0.25, 0.3) is 22.0 Å². The van der Waals surface area contributed by atoms with Crippen molar-refractivity contribution in [3.63, 3.8) is 0 Å². The first-order valence-electron chi connectivity index (χ1n) is 11.2. The van der Waals surface area contributed by atoms with Crippen LogP contribution in [0.1, 0.15) is 34.3 Å². The van der Waals surface area contributed by atoms with Gasteiger partial charge in [-0.15, -0.1) is 0 Å². The van der Waals surface area contributed by atoms with Crippen LogP contribution in [0.3, 0.4) is 0 Å². The third-order valence-corrected chi connectivity index (χ3v) is 6.00. The average Bonchev–Trinajstić information content (AvgIpc) is 3.65. The molecule has 0 amide bonds. The molecule has 0 spiro atoms. The number of carboxylic acid groups (broad SMARTS) is 1. The Morgan fingerprint density at radius 1 is 1.09 bits per heavy atom. The quantitative estimate of drug-likeness (QED) is 0.377. The fourth-order valence-electron chi connectivity index (χ4n) is 4.00. The lowest BCUT2D eigenvalue weighted by Gasteiger charge is -2.12. The van der Waals surface area contributed by atoms with Crippen molar-refractivity contribution in [2.24, 2.45) is 0 Å². The molecule has 0 atom stereocenters. The van der Waals surface area contributed by atoms with Gasteiger partial charge in [0.15, 0.2) is 0 Å². The van der Waals surface area contributed by atoms with E-state index in [2.05, 4.69) is 58.6 Å². The highest BCUT2D eigenvalue weighted by Gasteiger charge is 2.26. The maximum Gasteiger partial charge on any atom is 0.339 e. The predicted octanol–water partition coefficient (Wildman–Crippen LogP) is 5.50. The average molecular weight is 440 g/mol. The predicted molar refractivity (Wildman–Crippen MR) is 129 cm³/mol. The van der Waals surface area contributed by atoms with E-state index < -0.39 is 5.97 Å². The van der Waals surface area contributed by atoms with Gasteiger partial charge in [0.25, 0.3) is 0 Å². The topological polar surface area (TPSA) is 84.3 Å². The molecule has 3 aromatic carbocycles. The summed E-state index contributed by atoms with van der Waals surface area (Å²) in [6.07, 6.45) is 4.43. The molecule has 1 aliphatic carbocycles. The lowest BCUT2D eigenvalue weighted by Crippen LogP contribution is -2.08. The molecule has 0 radical (unpaired) electrons. The molecule has 0 saturated heterocycles. The van der Waals surface area contributed by atoms with Crippen LogP contribution in [0.2, 0.25) is 0 Å². The number of rotatable bonds is 8. The molecule has 1 aromatic heterocycles. The second-order valence-electron chi connectivity index (χ2n) is 8.37. The van der Waals surface area contributed by atoms with E-state index in [9.17, 15) is 9.90 Å². The number of aryl methyl sites for hydroxylation is 1. The second kappa shape index (κ2) is 8.90. The van der Waals surface area contributed by atoms with Crippen molar-refractivity contribution in [2.45, 2.75) is 32.3 Å². The Morgan fingerprint density at radius 2 is 1.94 bits per heavy atom. The minimum atomic E-state index is -0.994. The Balaban J connectivity index is 1.31. The number of ether oxygens (including phenoxy) is 1. The zero-order valence-corrected chi connectivity index (χ0v) is 18.4. The molecule has 2 N–H and O–H groups in total. The maximum absolute atomic E-state index is 11.5. The molecule has 6 nitrogen and oxygen atoms in total. The summed E-state index contributed by atoms with van der Waals surface area (Å²) < 4.78 is 5.83. The molecule has 5 rings (SSSR count). The highest BCUT2D eigenvalue weighted by Crippen LogP contribution is 2.32. The van der Waals surface area contributed by atoms with Gasteiger partial charge in [-0.3, -0.25) is 0 Å². The van der Waals surface area contributed by atoms with E-state index in [0.29, 0.717) is 11.4 Å². The Kier molecular flexibility index (Phi) is 5.65. The standard InChI is InChI=1S/C27H25N3O3/c1-17-18(6-7-19-4-2-3-5-22(17)19)12-13-28-26-15-24(29-16-30-26)20-8-11-23(27(31)32)25(14-20)33-21-9-10-21/h2-8,11,14-16,21H,9-10,12-13H2,1H3,(H,31,32)(H,28,29,30). The van der Waals surface area contributed by atoms with Crippen LogP contribution < -0.4 is 10.1 Å². The van der Waals surface area contributed by atoms with Crippen LogP contribution in [-0.2, 0) is 6.42 Å². The number of nitrogens with one attached hydrogen (secondary N) is 1. The molecule has 0 unspecified atom stereocenters. The van der Waals surface area contributed by atoms with E-state index in [1.165, 1.54) is 28.2 Å². The minimum Gasteiger partial charge on any atom is -0.490 e. The zero-order chi connectivity index (χ0) is 22.8. The van der Waals surface area contributed by atoms with Gasteiger partial charge in [0.1, 0.15) is 23.5 Å². The van der Waals surface area contributed by atoms with Crippen molar-refractivity contribution in [1.82, 2.24) is 9.97 Å². The summed E-state index contributed by atoms with van der Waals surface area (Å²) in [5.41, 5.74) is 4.30. The van der Waals surface area contributed by atoms with E-state index in [1.807, 2.05) is 6.07 Å². The van der Waals surface area contributed by atoms with Gasteiger partial charge in [0.05, 0.1) is 11.8 Å². The van der Waals surface area contributed by atoms with Crippen molar-refractivity contribution < 1.29 is 14.6 Å². The summed E-state index contributed by atoms with van der Waals surface area (Å²) in [5.74, 6) is 0.124. The van der Waals surface area contributed by atoms with Crippen molar-refractivity contribution >= 4 is 22.6 Å². The number of carboxylic acids is 1. The SMILES string of the molecule is Cc1c(CCNc2cc(-c3ccc(C(=O)O)c(OC4CC4)c3)ncn2)ccc2ccccc12. The summed E-state index contributed by atoms with van der Waals surface area (Å²) in [7, 11) is 0. The van der Waals surface area contributed by atoms with Gasteiger partial charge in [0, 0.05) is 18.2 Å². The third-order valence-electron chi connectivity index (χ3n) is 6.00. The summed E-state index contributed by atoms with van der Waals surface area (Å²) in [6, 6.07) is 19.8. The molecule has 166 valence electrons. The Hall–Kier alpha value is -3.93. The van der Waals surface area contributed by atoms with E-state index in [-0.39, 0.29) is 11.7 Å². The first kappa shape index (κ1) is 20.9. The molecular formula is C27H25N3O3. The first-order valence-corrected chi connectivity index (χ1v) is 11.2. The molecule has 1 heterocycles. The smallest absolute Gasteiger partial charge is 0.339 e. The Morgan fingerprint density at radius 3 is 2.76 bits per heavy atom. The van der Waals surface area contributed by atoms with Gasteiger partial charge in [-0.05, 0) is 60.2 Å². The number of aromatic carboxylic acids is 1. The Labute approximate surface area is 192 Å². The molecule has 0 bridgehead atoms. The molecule has 1 fully saturated rings. The van der Waals surface area contributed by atoms with E-state index in [0.717, 1.165) is 37.2 Å². The van der Waals surface area contributed by atoms with Crippen LogP contribution in [-0.4, -0.2) is 33.7 Å². The highest BCUT2D eigenvalue weighted by molar-refractivity contribution is 5.92. The van der Waals surface area contributed by atoms with Gasteiger partial charge in [-0.1, -0.05) is 42.5 Å². The summed E-state index contributed by atoms with van der Waals surface area (Å²) in [5, 5.41) is 15.4. The molecular weight excluding hydrogens is 414 g/mol. The number of nitrogens with zero attached hydrogens (tertiary/aromatic N) is 2. The lowest BCUT2D eigenvalue weighted by molar-refractivity contribution is 0.0692. The molecule has 4 aromatic rings. The van der Waals surface area contributed by atoms with Gasteiger partial charge in [-0.2, -0.15) is 0 Å². The maximum atomic E-state index is 11.5. The van der Waals surface area contributed by atoms with Gasteiger partial charge in [-0.25, -0.2) is 14.8 Å². The number of hydrogen-bond acceptors (Lipinski definition) is 5. The molecule has 33 heavy (non-hydrogen) atoms. The summed E-state index contributed by atoms with van der Waals surface area (Å²) in [6.45, 7) is 2.91. The second-order valence-corrected chi connectivity index (χ2v) is 8.37. The lowest BCUT2D eigenvalue weighted by atomic mass is 9.98. The van der Waals surface area contributed by atoms with Crippen LogP contribution in [0, 0.1) is 6.92 Å². The zero-order valence-electron chi connectivity index (χ0n) is 18.4. The number of fused-ring (bicyclic) bond motifs is 1. The van der Waals surface area contributed by atoms with Crippen LogP contribution in [0.5, 0.6) is 5.75 Å². The van der Waals surface area contributed by atoms with Crippen molar-refractivity contribution in [1.29, 1.82) is 0 Å². The van der Waals surface area contributed by atoms with Crippen molar-refractivity contribution in [3.05, 3.63) is 83.7 Å². The third kappa shape index (κ3) is 4.65. The summed E-state index contributed by atoms with van der Waals surface area (Å²) >= 11 is 0. The number of benzene rings is 3. The fraction of sp³-hybridized carbons (Fsp3) is 0.222. The van der Waals surface area contributed by atoms with Gasteiger partial charge in [0.2, 0.25) is 0 Å². The normalized spacial score (nSPS) is 13.1. The largest absolute Gasteiger partial charge is 0.490 e. The van der Waals surface area contributed by atoms with Crippen LogP contribution in [0.15, 0.2) is 67.0 Å². The number of carbonyl (C=O) groups is 1.